The number of hydrogen-bond acceptors (Lipinski definition) is 7. The molecular formula is C10H11N5O2S. The molecule has 0 saturated heterocycles. The number of nitrogens with zero attached hydrogens (tertiary/aromatic N) is 3. The molecule has 0 aliphatic heterocycles. The molecule has 0 bridgehead atoms. The quantitative estimate of drug-likeness (QED) is 0.624. The Morgan fingerprint density at radius 1 is 1.50 bits per heavy atom. The van der Waals surface area contributed by atoms with Crippen LogP contribution >= 0.6 is 11.8 Å². The fourth-order valence-corrected chi connectivity index (χ4v) is 2.21. The van der Waals surface area contributed by atoms with Gasteiger partial charge in [0.2, 0.25) is 5.89 Å². The molecule has 1 aliphatic carbocycles. The van der Waals surface area contributed by atoms with E-state index < -0.39 is 0 Å². The minimum Gasteiger partial charge on any atom is -0.383 e. The zero-order valence-electron chi connectivity index (χ0n) is 9.42. The third-order valence-electron chi connectivity index (χ3n) is 2.50. The van der Waals surface area contributed by atoms with Crippen LogP contribution in [0, 0.1) is 0 Å². The van der Waals surface area contributed by atoms with Crippen LogP contribution in [0.3, 0.4) is 0 Å². The first kappa shape index (κ1) is 11.3. The molecule has 2 heterocycles. The van der Waals surface area contributed by atoms with Crippen molar-refractivity contribution in [2.24, 2.45) is 0 Å². The van der Waals surface area contributed by atoms with Gasteiger partial charge in [0.05, 0.1) is 5.75 Å². The van der Waals surface area contributed by atoms with Crippen LogP contribution in [0.1, 0.15) is 30.5 Å². The van der Waals surface area contributed by atoms with Crippen LogP contribution < -0.4 is 11.3 Å². The molecule has 0 spiro atoms. The maximum absolute atomic E-state index is 11.2. The van der Waals surface area contributed by atoms with Gasteiger partial charge in [-0.25, -0.2) is 4.98 Å². The summed E-state index contributed by atoms with van der Waals surface area (Å²) >= 11 is 1.30. The fourth-order valence-electron chi connectivity index (χ4n) is 1.49. The van der Waals surface area contributed by atoms with Gasteiger partial charge in [0.15, 0.2) is 11.0 Å². The Balaban J connectivity index is 1.67. The van der Waals surface area contributed by atoms with Gasteiger partial charge in [0, 0.05) is 12.0 Å². The molecule has 2 aromatic heterocycles. The summed E-state index contributed by atoms with van der Waals surface area (Å²) < 4.78 is 5.12. The normalized spacial score (nSPS) is 14.9. The third-order valence-corrected chi connectivity index (χ3v) is 3.36. The van der Waals surface area contributed by atoms with E-state index in [0.717, 1.165) is 18.7 Å². The highest BCUT2D eigenvalue weighted by atomic mass is 32.2. The number of nitrogens with one attached hydrogen (secondary N) is 1. The molecule has 3 rings (SSSR count). The summed E-state index contributed by atoms with van der Waals surface area (Å²) in [5, 5.41) is 4.36. The second-order valence-corrected chi connectivity index (χ2v) is 5.05. The fraction of sp³-hybridized carbons (Fsp3) is 0.400. The van der Waals surface area contributed by atoms with Crippen LogP contribution in [0.5, 0.6) is 0 Å². The highest BCUT2D eigenvalue weighted by Gasteiger charge is 2.28. The smallest absolute Gasteiger partial charge is 0.253 e. The zero-order valence-corrected chi connectivity index (χ0v) is 10.2. The van der Waals surface area contributed by atoms with Crippen molar-refractivity contribution in [1.82, 2.24) is 20.1 Å². The van der Waals surface area contributed by atoms with E-state index in [2.05, 4.69) is 20.1 Å². The molecule has 1 saturated carbocycles. The summed E-state index contributed by atoms with van der Waals surface area (Å²) in [5.74, 6) is 2.45. The minimum atomic E-state index is -0.269. The van der Waals surface area contributed by atoms with Crippen LogP contribution in [0.15, 0.2) is 20.5 Å². The molecule has 94 valence electrons. The summed E-state index contributed by atoms with van der Waals surface area (Å²) in [6.45, 7) is 0. The lowest BCUT2D eigenvalue weighted by Crippen LogP contribution is -2.09. The maximum atomic E-state index is 11.2. The minimum absolute atomic E-state index is 0.199. The van der Waals surface area contributed by atoms with Gasteiger partial charge in [-0.1, -0.05) is 16.9 Å². The van der Waals surface area contributed by atoms with Crippen LogP contribution in [-0.4, -0.2) is 20.1 Å². The van der Waals surface area contributed by atoms with Crippen molar-refractivity contribution in [3.05, 3.63) is 28.1 Å². The first-order valence-corrected chi connectivity index (χ1v) is 6.51. The van der Waals surface area contributed by atoms with Crippen LogP contribution in [0.4, 0.5) is 5.82 Å². The molecule has 7 nitrogen and oxygen atoms in total. The van der Waals surface area contributed by atoms with Gasteiger partial charge in [0.25, 0.3) is 5.56 Å². The molecule has 8 heteroatoms. The second kappa shape index (κ2) is 4.45. The van der Waals surface area contributed by atoms with Crippen molar-refractivity contribution in [3.63, 3.8) is 0 Å². The lowest BCUT2D eigenvalue weighted by Gasteiger charge is -1.98. The van der Waals surface area contributed by atoms with Crippen LogP contribution in [0.2, 0.25) is 0 Å². The summed E-state index contributed by atoms with van der Waals surface area (Å²) in [6.07, 6.45) is 2.27. The number of thioether (sulfide) groups is 1. The van der Waals surface area contributed by atoms with Gasteiger partial charge in [-0.2, -0.15) is 4.98 Å². The Labute approximate surface area is 106 Å². The molecule has 0 aromatic carbocycles. The standard InChI is InChI=1S/C10H11N5O2S/c11-6-3-7(16)13-10(12-6)18-4-8-14-9(15-17-8)5-1-2-5/h3,5H,1-2,4H2,(H3,11,12,13,16). The van der Waals surface area contributed by atoms with Crippen molar-refractivity contribution < 1.29 is 4.52 Å². The van der Waals surface area contributed by atoms with E-state index in [0.29, 0.717) is 22.7 Å². The number of nitrogens with two attached hydrogens (primary N) is 1. The van der Waals surface area contributed by atoms with E-state index in [-0.39, 0.29) is 11.4 Å². The first-order chi connectivity index (χ1) is 8.70. The third kappa shape index (κ3) is 2.53. The summed E-state index contributed by atoms with van der Waals surface area (Å²) in [6, 6.07) is 1.24. The predicted octanol–water partition coefficient (Wildman–Crippen LogP) is 0.905. The predicted molar refractivity (Wildman–Crippen MR) is 65.1 cm³/mol. The average Bonchev–Trinajstić information content (AvgIpc) is 3.05. The van der Waals surface area contributed by atoms with E-state index in [4.69, 9.17) is 10.3 Å². The lowest BCUT2D eigenvalue weighted by atomic mass is 10.4. The van der Waals surface area contributed by atoms with Gasteiger partial charge < -0.3 is 15.2 Å². The number of aromatic amines is 1. The van der Waals surface area contributed by atoms with E-state index in [1.807, 2.05) is 0 Å². The highest BCUT2D eigenvalue weighted by molar-refractivity contribution is 7.98. The molecule has 0 atom stereocenters. The molecule has 0 unspecified atom stereocenters. The van der Waals surface area contributed by atoms with E-state index in [1.54, 1.807) is 0 Å². The number of hydrogen-bond donors (Lipinski definition) is 2. The Bertz CT molecular complexity index is 619. The topological polar surface area (TPSA) is 111 Å². The summed E-state index contributed by atoms with van der Waals surface area (Å²) in [4.78, 5) is 22.1. The molecule has 2 aromatic rings. The molecule has 1 fully saturated rings. The summed E-state index contributed by atoms with van der Waals surface area (Å²) in [5.41, 5.74) is 5.22. The number of rotatable bonds is 4. The summed E-state index contributed by atoms with van der Waals surface area (Å²) in [7, 11) is 0. The van der Waals surface area contributed by atoms with Gasteiger partial charge in [-0.05, 0) is 12.8 Å². The Morgan fingerprint density at radius 3 is 3.06 bits per heavy atom. The van der Waals surface area contributed by atoms with Gasteiger partial charge >= 0.3 is 0 Å². The van der Waals surface area contributed by atoms with E-state index in [1.165, 1.54) is 17.8 Å². The molecule has 0 radical (unpaired) electrons. The first-order valence-electron chi connectivity index (χ1n) is 5.53. The average molecular weight is 265 g/mol. The zero-order chi connectivity index (χ0) is 12.5. The number of nitrogen functional groups attached to an aromatic ring is 1. The SMILES string of the molecule is Nc1cc(=O)[nH]c(SCc2nc(C3CC3)no2)n1. The molecule has 1 aliphatic rings. The largest absolute Gasteiger partial charge is 0.383 e. The van der Waals surface area contributed by atoms with Crippen LogP contribution in [-0.2, 0) is 5.75 Å². The number of aromatic nitrogens is 4. The second-order valence-electron chi connectivity index (χ2n) is 4.08. The van der Waals surface area contributed by atoms with Crippen LogP contribution in [0.25, 0.3) is 0 Å². The molecule has 18 heavy (non-hydrogen) atoms. The van der Waals surface area contributed by atoms with Gasteiger partial charge in [0.1, 0.15) is 5.82 Å². The number of H-pyrrole nitrogens is 1. The van der Waals surface area contributed by atoms with E-state index in [9.17, 15) is 4.79 Å². The Hall–Kier alpha value is -1.83. The highest BCUT2D eigenvalue weighted by Crippen LogP contribution is 2.38. The maximum Gasteiger partial charge on any atom is 0.253 e. The monoisotopic (exact) mass is 265 g/mol. The lowest BCUT2D eigenvalue weighted by molar-refractivity contribution is 0.385. The van der Waals surface area contributed by atoms with Gasteiger partial charge in [-0.3, -0.25) is 4.79 Å². The molecule has 3 N–H and O–H groups in total. The Morgan fingerprint density at radius 2 is 2.33 bits per heavy atom. The van der Waals surface area contributed by atoms with Crippen molar-refractivity contribution in [2.45, 2.75) is 29.7 Å². The Kier molecular flexibility index (Phi) is 2.78. The number of anilines is 1. The van der Waals surface area contributed by atoms with Crippen molar-refractivity contribution in [3.8, 4) is 0 Å². The van der Waals surface area contributed by atoms with Crippen molar-refractivity contribution in [1.29, 1.82) is 0 Å². The van der Waals surface area contributed by atoms with Gasteiger partial charge in [-0.15, -0.1) is 0 Å². The van der Waals surface area contributed by atoms with Crippen molar-refractivity contribution >= 4 is 17.6 Å². The van der Waals surface area contributed by atoms with Crippen molar-refractivity contribution in [2.75, 3.05) is 5.73 Å². The molecular weight excluding hydrogens is 254 g/mol. The molecule has 0 amide bonds. The van der Waals surface area contributed by atoms with E-state index >= 15 is 0 Å².